The van der Waals surface area contributed by atoms with E-state index in [2.05, 4.69) is 39.6 Å². The molecule has 0 saturated heterocycles. The molecule has 0 fully saturated rings. The summed E-state index contributed by atoms with van der Waals surface area (Å²) in [5.74, 6) is 1.86. The van der Waals surface area contributed by atoms with Crippen molar-refractivity contribution in [1.82, 2.24) is 9.97 Å². The molecule has 0 radical (unpaired) electrons. The lowest BCUT2D eigenvalue weighted by atomic mass is 9.89. The van der Waals surface area contributed by atoms with E-state index < -0.39 is 0 Å². The van der Waals surface area contributed by atoms with Crippen molar-refractivity contribution in [2.45, 2.75) is 12.3 Å². The summed E-state index contributed by atoms with van der Waals surface area (Å²) in [5, 5.41) is 4.06. The Hall–Kier alpha value is -2.33. The minimum atomic E-state index is 0.307. The lowest BCUT2D eigenvalue weighted by Gasteiger charge is -2.18. The molecule has 3 N–H and O–H groups in total. The van der Waals surface area contributed by atoms with Crippen molar-refractivity contribution >= 4 is 29.1 Å². The molecule has 0 spiro atoms. The zero-order valence-corrected chi connectivity index (χ0v) is 12.6. The number of nitrogens with one attached hydrogen (secondary N) is 1. The van der Waals surface area contributed by atoms with Gasteiger partial charge in [-0.1, -0.05) is 35.9 Å². The van der Waals surface area contributed by atoms with Crippen LogP contribution in [0.4, 0.5) is 17.5 Å². The summed E-state index contributed by atoms with van der Waals surface area (Å²) in [4.78, 5) is 8.85. The van der Waals surface area contributed by atoms with Gasteiger partial charge in [-0.05, 0) is 36.6 Å². The van der Waals surface area contributed by atoms with E-state index in [1.165, 1.54) is 0 Å². The van der Waals surface area contributed by atoms with Crippen LogP contribution in [0.5, 0.6) is 0 Å². The van der Waals surface area contributed by atoms with E-state index in [4.69, 9.17) is 17.3 Å². The Morgan fingerprint density at radius 1 is 1.09 bits per heavy atom. The predicted molar refractivity (Wildman–Crippen MR) is 89.4 cm³/mol. The number of nitrogens with zero attached hydrogens (tertiary/aromatic N) is 2. The number of aromatic nitrogens is 2. The SMILES string of the molecule is Nc1nc2c(c(Nc3ccc(Cl)cc3)n1)C1C=CC=CC1C2. The second-order valence-electron chi connectivity index (χ2n) is 5.59. The second kappa shape index (κ2) is 5.14. The van der Waals surface area contributed by atoms with Crippen LogP contribution in [-0.2, 0) is 6.42 Å². The Kier molecular flexibility index (Phi) is 3.12. The highest BCUT2D eigenvalue weighted by Crippen LogP contribution is 2.44. The molecule has 2 aliphatic carbocycles. The largest absolute Gasteiger partial charge is 0.368 e. The molecule has 1 aromatic heterocycles. The molecule has 2 unspecified atom stereocenters. The Morgan fingerprint density at radius 3 is 2.68 bits per heavy atom. The highest BCUT2D eigenvalue weighted by molar-refractivity contribution is 6.30. The molecule has 2 aromatic rings. The molecule has 2 aliphatic rings. The van der Waals surface area contributed by atoms with Crippen LogP contribution in [0.15, 0.2) is 48.6 Å². The van der Waals surface area contributed by atoms with E-state index in [0.29, 0.717) is 22.8 Å². The van der Waals surface area contributed by atoms with Gasteiger partial charge in [-0.15, -0.1) is 0 Å². The highest BCUT2D eigenvalue weighted by atomic mass is 35.5. The molecule has 2 atom stereocenters. The second-order valence-corrected chi connectivity index (χ2v) is 6.02. The predicted octanol–water partition coefficient (Wildman–Crippen LogP) is 3.84. The molecule has 1 aromatic carbocycles. The third kappa shape index (κ3) is 2.25. The van der Waals surface area contributed by atoms with Gasteiger partial charge in [0.15, 0.2) is 0 Å². The average Bonchev–Trinajstić information content (AvgIpc) is 2.87. The van der Waals surface area contributed by atoms with Crippen molar-refractivity contribution in [2.75, 3.05) is 11.1 Å². The van der Waals surface area contributed by atoms with Crippen molar-refractivity contribution in [1.29, 1.82) is 0 Å². The number of hydrogen-bond acceptors (Lipinski definition) is 4. The minimum absolute atomic E-state index is 0.307. The first-order valence-electron chi connectivity index (χ1n) is 7.24. The molecular formula is C17H15ClN4. The lowest BCUT2D eigenvalue weighted by Crippen LogP contribution is -2.08. The van der Waals surface area contributed by atoms with E-state index in [1.807, 2.05) is 24.3 Å². The van der Waals surface area contributed by atoms with E-state index in [0.717, 1.165) is 29.2 Å². The fourth-order valence-electron chi connectivity index (χ4n) is 3.19. The number of nitrogen functional groups attached to an aromatic ring is 1. The third-order valence-corrected chi connectivity index (χ3v) is 4.41. The lowest BCUT2D eigenvalue weighted by molar-refractivity contribution is 0.628. The van der Waals surface area contributed by atoms with Crippen molar-refractivity contribution in [2.24, 2.45) is 5.92 Å². The monoisotopic (exact) mass is 310 g/mol. The molecule has 0 amide bonds. The number of halogens is 1. The molecule has 22 heavy (non-hydrogen) atoms. The van der Waals surface area contributed by atoms with Crippen LogP contribution in [0, 0.1) is 5.92 Å². The molecule has 0 aliphatic heterocycles. The zero-order valence-electron chi connectivity index (χ0n) is 11.8. The van der Waals surface area contributed by atoms with Crippen LogP contribution in [-0.4, -0.2) is 9.97 Å². The fraction of sp³-hybridized carbons (Fsp3) is 0.176. The van der Waals surface area contributed by atoms with Gasteiger partial charge in [0.1, 0.15) is 5.82 Å². The van der Waals surface area contributed by atoms with E-state index in [9.17, 15) is 0 Å². The normalized spacial score (nSPS) is 21.5. The minimum Gasteiger partial charge on any atom is -0.368 e. The first-order chi connectivity index (χ1) is 10.7. The van der Waals surface area contributed by atoms with Crippen LogP contribution >= 0.6 is 11.6 Å². The summed E-state index contributed by atoms with van der Waals surface area (Å²) < 4.78 is 0. The van der Waals surface area contributed by atoms with Gasteiger partial charge >= 0.3 is 0 Å². The Morgan fingerprint density at radius 2 is 1.86 bits per heavy atom. The van der Waals surface area contributed by atoms with Crippen LogP contribution in [0.3, 0.4) is 0 Å². The smallest absolute Gasteiger partial charge is 0.222 e. The van der Waals surface area contributed by atoms with Crippen LogP contribution in [0.2, 0.25) is 5.02 Å². The van der Waals surface area contributed by atoms with Gasteiger partial charge < -0.3 is 11.1 Å². The van der Waals surface area contributed by atoms with Gasteiger partial charge in [-0.3, -0.25) is 0 Å². The Balaban J connectivity index is 1.76. The highest BCUT2D eigenvalue weighted by Gasteiger charge is 2.34. The molecule has 110 valence electrons. The number of nitrogens with two attached hydrogens (primary N) is 1. The molecular weight excluding hydrogens is 296 g/mol. The summed E-state index contributed by atoms with van der Waals surface area (Å²) >= 11 is 5.93. The first-order valence-corrected chi connectivity index (χ1v) is 7.62. The van der Waals surface area contributed by atoms with Crippen molar-refractivity contribution in [3.8, 4) is 0 Å². The van der Waals surface area contributed by atoms with E-state index in [-0.39, 0.29) is 0 Å². The number of allylic oxidation sites excluding steroid dienone is 4. The molecule has 1 heterocycles. The third-order valence-electron chi connectivity index (χ3n) is 4.16. The van der Waals surface area contributed by atoms with Crippen LogP contribution < -0.4 is 11.1 Å². The van der Waals surface area contributed by atoms with Crippen LogP contribution in [0.1, 0.15) is 17.2 Å². The van der Waals surface area contributed by atoms with Crippen molar-refractivity contribution < 1.29 is 0 Å². The number of hydrogen-bond donors (Lipinski definition) is 2. The molecule has 5 heteroatoms. The van der Waals surface area contributed by atoms with E-state index >= 15 is 0 Å². The maximum Gasteiger partial charge on any atom is 0.222 e. The molecule has 4 nitrogen and oxygen atoms in total. The average molecular weight is 311 g/mol. The number of fused-ring (bicyclic) bond motifs is 3. The zero-order chi connectivity index (χ0) is 15.1. The van der Waals surface area contributed by atoms with E-state index in [1.54, 1.807) is 0 Å². The number of rotatable bonds is 2. The summed E-state index contributed by atoms with van der Waals surface area (Å²) in [6.07, 6.45) is 9.52. The van der Waals surface area contributed by atoms with Crippen molar-refractivity contribution in [3.05, 3.63) is 64.8 Å². The Labute approximate surface area is 133 Å². The fourth-order valence-corrected chi connectivity index (χ4v) is 3.31. The van der Waals surface area contributed by atoms with Gasteiger partial charge in [0.2, 0.25) is 5.95 Å². The van der Waals surface area contributed by atoms with Crippen LogP contribution in [0.25, 0.3) is 0 Å². The summed E-state index contributed by atoms with van der Waals surface area (Å²) in [5.41, 5.74) is 9.00. The van der Waals surface area contributed by atoms with Gasteiger partial charge in [-0.2, -0.15) is 4.98 Å². The molecule has 4 rings (SSSR count). The van der Waals surface area contributed by atoms with Gasteiger partial charge in [0, 0.05) is 22.2 Å². The maximum atomic E-state index is 5.93. The van der Waals surface area contributed by atoms with Gasteiger partial charge in [0.05, 0.1) is 5.69 Å². The summed E-state index contributed by atoms with van der Waals surface area (Å²) in [7, 11) is 0. The first kappa shape index (κ1) is 13.3. The van der Waals surface area contributed by atoms with Crippen molar-refractivity contribution in [3.63, 3.8) is 0 Å². The molecule has 0 saturated carbocycles. The number of benzene rings is 1. The quantitative estimate of drug-likeness (QED) is 0.884. The summed E-state index contributed by atoms with van der Waals surface area (Å²) in [6.45, 7) is 0. The summed E-state index contributed by atoms with van der Waals surface area (Å²) in [6, 6.07) is 7.55. The Bertz CT molecular complexity index is 780. The topological polar surface area (TPSA) is 63.8 Å². The standard InChI is InChI=1S/C17H15ClN4/c18-11-5-7-12(8-6-11)20-16-15-13-4-2-1-3-10(13)9-14(15)21-17(19)22-16/h1-8,10,13H,9H2,(H3,19,20,21,22). The van der Waals surface area contributed by atoms with Gasteiger partial charge in [-0.25, -0.2) is 4.98 Å². The van der Waals surface area contributed by atoms with Gasteiger partial charge in [0.25, 0.3) is 0 Å². The number of anilines is 3. The maximum absolute atomic E-state index is 5.93. The molecule has 0 bridgehead atoms.